The minimum absolute atomic E-state index is 0.340. The quantitative estimate of drug-likeness (QED) is 0.703. The number of nitrogens with zero attached hydrogens (tertiary/aromatic N) is 4. The molecular formula is C11H10N6O. The number of nitrogens with two attached hydrogens (primary N) is 1. The Morgan fingerprint density at radius 1 is 1.28 bits per heavy atom. The molecule has 0 radical (unpaired) electrons. The van der Waals surface area contributed by atoms with E-state index in [1.807, 2.05) is 13.0 Å². The average molecular weight is 242 g/mol. The summed E-state index contributed by atoms with van der Waals surface area (Å²) in [5.74, 6) is 1.25. The highest BCUT2D eigenvalue weighted by molar-refractivity contribution is 5.68. The molecule has 0 fully saturated rings. The van der Waals surface area contributed by atoms with Gasteiger partial charge in [-0.05, 0) is 18.6 Å². The number of hydrogen-bond donors (Lipinski definition) is 2. The van der Waals surface area contributed by atoms with E-state index in [1.54, 1.807) is 18.6 Å². The van der Waals surface area contributed by atoms with Gasteiger partial charge in [0.05, 0.1) is 6.20 Å². The molecule has 3 aromatic heterocycles. The van der Waals surface area contributed by atoms with E-state index in [1.165, 1.54) is 0 Å². The van der Waals surface area contributed by atoms with Gasteiger partial charge in [0.2, 0.25) is 5.82 Å². The Kier molecular flexibility index (Phi) is 2.30. The lowest BCUT2D eigenvalue weighted by Gasteiger charge is -1.97. The van der Waals surface area contributed by atoms with Crippen LogP contribution in [0, 0.1) is 6.92 Å². The van der Waals surface area contributed by atoms with Crippen molar-refractivity contribution in [3.8, 4) is 22.8 Å². The van der Waals surface area contributed by atoms with E-state index in [9.17, 15) is 0 Å². The zero-order valence-electron chi connectivity index (χ0n) is 9.58. The Morgan fingerprint density at radius 2 is 2.17 bits per heavy atom. The standard InChI is InChI=1S/C11H10N6O/c1-6-4-13-3-2-7(6)10-15-11(18-17-10)8-5-14-16-9(8)12/h2-5H,1H3,(H3,12,14,16). The van der Waals surface area contributed by atoms with Gasteiger partial charge in [-0.15, -0.1) is 0 Å². The van der Waals surface area contributed by atoms with E-state index in [4.69, 9.17) is 10.3 Å². The van der Waals surface area contributed by atoms with Crippen molar-refractivity contribution in [2.75, 3.05) is 5.73 Å². The molecule has 7 nitrogen and oxygen atoms in total. The Labute approximate surface area is 102 Å². The SMILES string of the molecule is Cc1cnccc1-c1noc(-c2cn[nH]c2N)n1. The average Bonchev–Trinajstić information content (AvgIpc) is 2.98. The van der Waals surface area contributed by atoms with Crippen molar-refractivity contribution in [3.63, 3.8) is 0 Å². The summed E-state index contributed by atoms with van der Waals surface area (Å²) < 4.78 is 5.18. The summed E-state index contributed by atoms with van der Waals surface area (Å²) in [6.45, 7) is 1.94. The van der Waals surface area contributed by atoms with Gasteiger partial charge < -0.3 is 10.3 Å². The maximum absolute atomic E-state index is 5.69. The summed E-state index contributed by atoms with van der Waals surface area (Å²) in [4.78, 5) is 8.32. The van der Waals surface area contributed by atoms with E-state index < -0.39 is 0 Å². The van der Waals surface area contributed by atoms with Crippen molar-refractivity contribution in [3.05, 3.63) is 30.2 Å². The number of hydrogen-bond acceptors (Lipinski definition) is 6. The number of aromatic nitrogens is 5. The lowest BCUT2D eigenvalue weighted by atomic mass is 10.1. The van der Waals surface area contributed by atoms with Crippen LogP contribution in [-0.4, -0.2) is 25.3 Å². The van der Waals surface area contributed by atoms with Gasteiger partial charge in [-0.3, -0.25) is 10.1 Å². The topological polar surface area (TPSA) is 107 Å². The summed E-state index contributed by atoms with van der Waals surface area (Å²) in [7, 11) is 0. The van der Waals surface area contributed by atoms with Crippen molar-refractivity contribution >= 4 is 5.82 Å². The van der Waals surface area contributed by atoms with Crippen LogP contribution in [0.3, 0.4) is 0 Å². The van der Waals surface area contributed by atoms with Gasteiger partial charge in [0, 0.05) is 18.0 Å². The third-order valence-electron chi connectivity index (χ3n) is 2.59. The van der Waals surface area contributed by atoms with Crippen LogP contribution in [0.2, 0.25) is 0 Å². The van der Waals surface area contributed by atoms with Crippen molar-refractivity contribution < 1.29 is 4.52 Å². The summed E-state index contributed by atoms with van der Waals surface area (Å²) in [5.41, 5.74) is 8.15. The van der Waals surface area contributed by atoms with Gasteiger partial charge >= 0.3 is 0 Å². The molecule has 3 rings (SSSR count). The molecule has 0 amide bonds. The molecule has 3 heterocycles. The first-order valence-electron chi connectivity index (χ1n) is 5.29. The van der Waals surface area contributed by atoms with Crippen LogP contribution in [0.1, 0.15) is 5.56 Å². The number of H-pyrrole nitrogens is 1. The van der Waals surface area contributed by atoms with Gasteiger partial charge in [-0.1, -0.05) is 5.16 Å². The van der Waals surface area contributed by atoms with Crippen LogP contribution in [0.4, 0.5) is 5.82 Å². The fraction of sp³-hybridized carbons (Fsp3) is 0.0909. The first kappa shape index (κ1) is 10.5. The summed E-state index contributed by atoms with van der Waals surface area (Å²) in [6.07, 6.45) is 4.98. The Balaban J connectivity index is 2.05. The molecule has 3 aromatic rings. The number of anilines is 1. The number of aromatic amines is 1. The fourth-order valence-corrected chi connectivity index (χ4v) is 1.63. The molecule has 0 saturated carbocycles. The molecule has 0 aliphatic rings. The predicted molar refractivity (Wildman–Crippen MR) is 64.3 cm³/mol. The van der Waals surface area contributed by atoms with E-state index in [2.05, 4.69) is 25.3 Å². The van der Waals surface area contributed by atoms with E-state index in [0.717, 1.165) is 11.1 Å². The lowest BCUT2D eigenvalue weighted by molar-refractivity contribution is 0.432. The molecule has 0 aliphatic carbocycles. The van der Waals surface area contributed by atoms with E-state index >= 15 is 0 Å². The molecule has 0 atom stereocenters. The molecule has 0 aromatic carbocycles. The number of nitrogen functional groups attached to an aromatic ring is 1. The Bertz CT molecular complexity index is 686. The van der Waals surface area contributed by atoms with E-state index in [0.29, 0.717) is 23.1 Å². The maximum Gasteiger partial charge on any atom is 0.263 e. The fourth-order valence-electron chi connectivity index (χ4n) is 1.63. The van der Waals surface area contributed by atoms with Crippen LogP contribution >= 0.6 is 0 Å². The van der Waals surface area contributed by atoms with Gasteiger partial charge in [0.25, 0.3) is 5.89 Å². The molecule has 7 heteroatoms. The number of rotatable bonds is 2. The second kappa shape index (κ2) is 3.95. The monoisotopic (exact) mass is 242 g/mol. The van der Waals surface area contributed by atoms with Crippen LogP contribution in [0.25, 0.3) is 22.8 Å². The number of pyridine rings is 1. The lowest BCUT2D eigenvalue weighted by Crippen LogP contribution is -1.88. The van der Waals surface area contributed by atoms with Crippen molar-refractivity contribution in [1.82, 2.24) is 25.3 Å². The highest BCUT2D eigenvalue weighted by atomic mass is 16.5. The second-order valence-corrected chi connectivity index (χ2v) is 3.81. The molecule has 90 valence electrons. The largest absolute Gasteiger partial charge is 0.383 e. The van der Waals surface area contributed by atoms with E-state index in [-0.39, 0.29) is 0 Å². The molecule has 0 unspecified atom stereocenters. The van der Waals surface area contributed by atoms with Gasteiger partial charge in [0.1, 0.15) is 11.4 Å². The predicted octanol–water partition coefficient (Wildman–Crippen LogP) is 1.41. The first-order valence-corrected chi connectivity index (χ1v) is 5.29. The minimum atomic E-state index is 0.340. The molecule has 0 saturated heterocycles. The Hall–Kier alpha value is -2.70. The second-order valence-electron chi connectivity index (χ2n) is 3.81. The third kappa shape index (κ3) is 1.61. The van der Waals surface area contributed by atoms with Crippen LogP contribution < -0.4 is 5.73 Å². The zero-order valence-corrected chi connectivity index (χ0v) is 9.58. The molecule has 18 heavy (non-hydrogen) atoms. The third-order valence-corrected chi connectivity index (χ3v) is 2.59. The first-order chi connectivity index (χ1) is 8.75. The normalized spacial score (nSPS) is 10.7. The highest BCUT2D eigenvalue weighted by Crippen LogP contribution is 2.25. The van der Waals surface area contributed by atoms with Crippen molar-refractivity contribution in [1.29, 1.82) is 0 Å². The molecule has 0 aliphatic heterocycles. The smallest absolute Gasteiger partial charge is 0.263 e. The molecule has 0 bridgehead atoms. The zero-order chi connectivity index (χ0) is 12.5. The number of aryl methyl sites for hydroxylation is 1. The Morgan fingerprint density at radius 3 is 2.89 bits per heavy atom. The van der Waals surface area contributed by atoms with Crippen LogP contribution in [0.5, 0.6) is 0 Å². The number of nitrogens with one attached hydrogen (secondary N) is 1. The molecule has 0 spiro atoms. The molecular weight excluding hydrogens is 232 g/mol. The maximum atomic E-state index is 5.69. The summed E-state index contributed by atoms with van der Waals surface area (Å²) in [5, 5.41) is 10.4. The van der Waals surface area contributed by atoms with Crippen molar-refractivity contribution in [2.45, 2.75) is 6.92 Å². The summed E-state index contributed by atoms with van der Waals surface area (Å²) in [6, 6.07) is 1.84. The highest BCUT2D eigenvalue weighted by Gasteiger charge is 2.15. The molecule has 3 N–H and O–H groups in total. The van der Waals surface area contributed by atoms with Gasteiger partial charge in [-0.25, -0.2) is 0 Å². The summed E-state index contributed by atoms with van der Waals surface area (Å²) >= 11 is 0. The van der Waals surface area contributed by atoms with Gasteiger partial charge in [0.15, 0.2) is 0 Å². The minimum Gasteiger partial charge on any atom is -0.383 e. The van der Waals surface area contributed by atoms with Crippen molar-refractivity contribution in [2.24, 2.45) is 0 Å². The van der Waals surface area contributed by atoms with Crippen LogP contribution in [0.15, 0.2) is 29.2 Å². The van der Waals surface area contributed by atoms with Crippen LogP contribution in [-0.2, 0) is 0 Å². The van der Waals surface area contributed by atoms with Gasteiger partial charge in [-0.2, -0.15) is 10.1 Å².